The molecule has 0 spiro atoms. The highest BCUT2D eigenvalue weighted by atomic mass is 32.1. The summed E-state index contributed by atoms with van der Waals surface area (Å²) < 4.78 is 0. The second kappa shape index (κ2) is 6.53. The molecule has 0 aliphatic rings. The van der Waals surface area contributed by atoms with E-state index in [-0.39, 0.29) is 0 Å². The van der Waals surface area contributed by atoms with E-state index in [2.05, 4.69) is 21.6 Å². The van der Waals surface area contributed by atoms with Crippen LogP contribution in [0.2, 0.25) is 0 Å². The van der Waals surface area contributed by atoms with Gasteiger partial charge < -0.3 is 10.8 Å². The van der Waals surface area contributed by atoms with Crippen LogP contribution in [0.15, 0.2) is 24.3 Å². The molecule has 1 unspecified atom stereocenters. The van der Waals surface area contributed by atoms with Crippen molar-refractivity contribution in [2.45, 2.75) is 26.6 Å². The van der Waals surface area contributed by atoms with E-state index in [0.29, 0.717) is 22.7 Å². The normalized spacial score (nSPS) is 12.2. The van der Waals surface area contributed by atoms with Crippen LogP contribution in [0.1, 0.15) is 33.5 Å². The largest absolute Gasteiger partial charge is 0.397 e. The van der Waals surface area contributed by atoms with E-state index in [0.717, 1.165) is 27.0 Å². The summed E-state index contributed by atoms with van der Waals surface area (Å²) in [5.41, 5.74) is 10.2. The highest BCUT2D eigenvalue weighted by Crippen LogP contribution is 2.37. The number of aliphatic hydroxyl groups excluding tert-OH is 1. The SMILES string of the molecule is Cc1nnc2sc(C(O)NCc3ccc(C#N)cc3)c(N)c2c1C. The topological polar surface area (TPSA) is 108 Å². The summed E-state index contributed by atoms with van der Waals surface area (Å²) in [6.07, 6.45) is -0.889. The van der Waals surface area contributed by atoms with Gasteiger partial charge in [0.15, 0.2) is 0 Å². The summed E-state index contributed by atoms with van der Waals surface area (Å²) >= 11 is 1.34. The van der Waals surface area contributed by atoms with Crippen molar-refractivity contribution >= 4 is 27.2 Å². The van der Waals surface area contributed by atoms with E-state index in [4.69, 9.17) is 11.0 Å². The number of aliphatic hydroxyl groups is 1. The zero-order valence-electron chi connectivity index (χ0n) is 13.4. The number of anilines is 1. The zero-order chi connectivity index (χ0) is 17.3. The van der Waals surface area contributed by atoms with Gasteiger partial charge in [-0.15, -0.1) is 16.4 Å². The maximum Gasteiger partial charge on any atom is 0.148 e. The first kappa shape index (κ1) is 16.3. The molecule has 122 valence electrons. The summed E-state index contributed by atoms with van der Waals surface area (Å²) in [7, 11) is 0. The first-order valence-electron chi connectivity index (χ1n) is 7.43. The molecule has 2 heterocycles. The molecule has 0 saturated heterocycles. The first-order valence-corrected chi connectivity index (χ1v) is 8.25. The maximum atomic E-state index is 10.4. The number of benzene rings is 1. The Morgan fingerprint density at radius 3 is 2.67 bits per heavy atom. The van der Waals surface area contributed by atoms with Crippen LogP contribution in [-0.4, -0.2) is 15.3 Å². The highest BCUT2D eigenvalue weighted by Gasteiger charge is 2.19. The van der Waals surface area contributed by atoms with Crippen molar-refractivity contribution in [1.82, 2.24) is 15.5 Å². The quantitative estimate of drug-likeness (QED) is 0.630. The molecule has 0 bridgehead atoms. The zero-order valence-corrected chi connectivity index (χ0v) is 14.2. The number of hydrogen-bond acceptors (Lipinski definition) is 7. The van der Waals surface area contributed by atoms with Gasteiger partial charge in [0, 0.05) is 11.9 Å². The predicted molar refractivity (Wildman–Crippen MR) is 94.3 cm³/mol. The molecular formula is C17H17N5OS. The molecule has 0 amide bonds. The number of aryl methyl sites for hydroxylation is 2. The third kappa shape index (κ3) is 2.95. The molecule has 1 aromatic carbocycles. The van der Waals surface area contributed by atoms with Gasteiger partial charge in [0.05, 0.1) is 27.9 Å². The van der Waals surface area contributed by atoms with Crippen LogP contribution in [0.3, 0.4) is 0 Å². The van der Waals surface area contributed by atoms with Gasteiger partial charge in [0.2, 0.25) is 0 Å². The second-order valence-corrected chi connectivity index (χ2v) is 6.59. The number of rotatable bonds is 4. The molecule has 7 heteroatoms. The molecule has 0 radical (unpaired) electrons. The van der Waals surface area contributed by atoms with Crippen molar-refractivity contribution in [1.29, 1.82) is 5.26 Å². The molecule has 0 saturated carbocycles. The van der Waals surface area contributed by atoms with E-state index in [1.807, 2.05) is 26.0 Å². The lowest BCUT2D eigenvalue weighted by Gasteiger charge is -2.12. The number of thiophene rings is 1. The van der Waals surface area contributed by atoms with Crippen molar-refractivity contribution in [3.63, 3.8) is 0 Å². The van der Waals surface area contributed by atoms with Crippen LogP contribution >= 0.6 is 11.3 Å². The standard InChI is InChI=1S/C17H17N5OS/c1-9-10(2)21-22-17-13(9)14(19)15(24-17)16(23)20-8-12-5-3-11(7-18)4-6-12/h3-6,16,20,23H,8,19H2,1-2H3. The number of hydrogen-bond donors (Lipinski definition) is 3. The Morgan fingerprint density at radius 2 is 2.00 bits per heavy atom. The Bertz CT molecular complexity index is 927. The number of nitriles is 1. The van der Waals surface area contributed by atoms with Gasteiger partial charge in [-0.3, -0.25) is 5.32 Å². The molecule has 4 N–H and O–H groups in total. The van der Waals surface area contributed by atoms with E-state index < -0.39 is 6.23 Å². The number of fused-ring (bicyclic) bond motifs is 1. The second-order valence-electron chi connectivity index (χ2n) is 5.56. The Balaban J connectivity index is 1.81. The summed E-state index contributed by atoms with van der Waals surface area (Å²) in [4.78, 5) is 1.37. The average Bonchev–Trinajstić information content (AvgIpc) is 2.94. The van der Waals surface area contributed by atoms with Gasteiger partial charge in [-0.25, -0.2) is 0 Å². The number of nitrogens with zero attached hydrogens (tertiary/aromatic N) is 3. The van der Waals surface area contributed by atoms with E-state index in [1.54, 1.807) is 12.1 Å². The van der Waals surface area contributed by atoms with Gasteiger partial charge in [-0.05, 0) is 37.1 Å². The van der Waals surface area contributed by atoms with Gasteiger partial charge in [0.1, 0.15) is 11.1 Å². The number of nitrogens with one attached hydrogen (secondary N) is 1. The lowest BCUT2D eigenvalue weighted by atomic mass is 10.1. The van der Waals surface area contributed by atoms with Crippen LogP contribution in [0.5, 0.6) is 0 Å². The van der Waals surface area contributed by atoms with E-state index in [9.17, 15) is 5.11 Å². The Labute approximate surface area is 143 Å². The third-order valence-corrected chi connectivity index (χ3v) is 5.14. The molecule has 3 aromatic rings. The van der Waals surface area contributed by atoms with Crippen LogP contribution in [-0.2, 0) is 6.54 Å². The lowest BCUT2D eigenvalue weighted by Crippen LogP contribution is -2.20. The smallest absolute Gasteiger partial charge is 0.148 e. The molecule has 0 aliphatic carbocycles. The molecule has 6 nitrogen and oxygen atoms in total. The minimum Gasteiger partial charge on any atom is -0.397 e. The minimum absolute atomic E-state index is 0.463. The number of aromatic nitrogens is 2. The molecule has 0 aliphatic heterocycles. The molecule has 2 aromatic heterocycles. The van der Waals surface area contributed by atoms with Crippen molar-refractivity contribution in [3.05, 3.63) is 51.5 Å². The third-order valence-electron chi connectivity index (χ3n) is 3.99. The Morgan fingerprint density at radius 1 is 1.29 bits per heavy atom. The average molecular weight is 339 g/mol. The van der Waals surface area contributed by atoms with Crippen LogP contribution in [0.4, 0.5) is 5.69 Å². The van der Waals surface area contributed by atoms with Crippen LogP contribution < -0.4 is 11.1 Å². The van der Waals surface area contributed by atoms with E-state index >= 15 is 0 Å². The summed E-state index contributed by atoms with van der Waals surface area (Å²) in [6.45, 7) is 4.30. The number of nitrogen functional groups attached to an aromatic ring is 1. The summed E-state index contributed by atoms with van der Waals surface area (Å²) in [6, 6.07) is 9.28. The van der Waals surface area contributed by atoms with Crippen LogP contribution in [0, 0.1) is 25.2 Å². The van der Waals surface area contributed by atoms with Crippen molar-refractivity contribution in [2.24, 2.45) is 0 Å². The molecular weight excluding hydrogens is 322 g/mol. The molecule has 1 atom stereocenters. The van der Waals surface area contributed by atoms with Gasteiger partial charge in [-0.1, -0.05) is 12.1 Å². The van der Waals surface area contributed by atoms with E-state index in [1.165, 1.54) is 11.3 Å². The fourth-order valence-electron chi connectivity index (χ4n) is 2.47. The van der Waals surface area contributed by atoms with Crippen LogP contribution in [0.25, 0.3) is 10.2 Å². The highest BCUT2D eigenvalue weighted by molar-refractivity contribution is 7.19. The Hall–Kier alpha value is -2.53. The summed E-state index contributed by atoms with van der Waals surface area (Å²) in [5.74, 6) is 0. The fourth-order valence-corrected chi connectivity index (χ4v) is 3.53. The van der Waals surface area contributed by atoms with Crippen molar-refractivity contribution in [2.75, 3.05) is 5.73 Å². The molecule has 0 fully saturated rings. The van der Waals surface area contributed by atoms with Crippen molar-refractivity contribution in [3.8, 4) is 6.07 Å². The fraction of sp³-hybridized carbons (Fsp3) is 0.235. The predicted octanol–water partition coefficient (Wildman–Crippen LogP) is 2.54. The first-order chi connectivity index (χ1) is 11.5. The summed E-state index contributed by atoms with van der Waals surface area (Å²) in [5, 5.41) is 31.4. The minimum atomic E-state index is -0.889. The lowest BCUT2D eigenvalue weighted by molar-refractivity contribution is 0.141. The molecule has 3 rings (SSSR count). The van der Waals surface area contributed by atoms with Gasteiger partial charge >= 0.3 is 0 Å². The Kier molecular flexibility index (Phi) is 4.44. The van der Waals surface area contributed by atoms with Gasteiger partial charge in [0.25, 0.3) is 0 Å². The van der Waals surface area contributed by atoms with Crippen molar-refractivity contribution < 1.29 is 5.11 Å². The molecule has 24 heavy (non-hydrogen) atoms. The van der Waals surface area contributed by atoms with Gasteiger partial charge in [-0.2, -0.15) is 10.4 Å². The monoisotopic (exact) mass is 339 g/mol. The number of nitrogens with two attached hydrogens (primary N) is 1. The maximum absolute atomic E-state index is 10.4.